The molecule has 86 valence electrons. The van der Waals surface area contributed by atoms with Gasteiger partial charge in [0.15, 0.2) is 0 Å². The summed E-state index contributed by atoms with van der Waals surface area (Å²) in [6.45, 7) is 3.57. The molecule has 1 fully saturated rings. The molecule has 1 N–H and O–H groups in total. The maximum atomic E-state index is 12.1. The highest BCUT2D eigenvalue weighted by Crippen LogP contribution is 2.30. The Hall–Kier alpha value is -1.51. The van der Waals surface area contributed by atoms with Gasteiger partial charge in [0.2, 0.25) is 0 Å². The predicted octanol–water partition coefficient (Wildman–Crippen LogP) is 2.26. The number of aromatic hydroxyl groups is 1. The van der Waals surface area contributed by atoms with Crippen LogP contribution in [0.1, 0.15) is 30.1 Å². The lowest BCUT2D eigenvalue weighted by molar-refractivity contribution is 0.0756. The predicted molar refractivity (Wildman–Crippen MR) is 62.4 cm³/mol. The fourth-order valence-corrected chi connectivity index (χ4v) is 1.79. The molecule has 0 spiro atoms. The van der Waals surface area contributed by atoms with Gasteiger partial charge >= 0.3 is 0 Å². The van der Waals surface area contributed by atoms with Gasteiger partial charge in [0, 0.05) is 18.7 Å². The van der Waals surface area contributed by atoms with Crippen molar-refractivity contribution >= 4 is 5.91 Å². The molecule has 2 rings (SSSR count). The third-order valence-corrected chi connectivity index (χ3v) is 2.94. The van der Waals surface area contributed by atoms with Crippen molar-refractivity contribution in [2.24, 2.45) is 5.92 Å². The molecule has 3 heteroatoms. The minimum absolute atomic E-state index is 0.0188. The van der Waals surface area contributed by atoms with Gasteiger partial charge in [-0.15, -0.1) is 0 Å². The average Bonchev–Trinajstić information content (AvgIpc) is 3.09. The minimum atomic E-state index is 0.0188. The number of phenolic OH excluding ortho intramolecular Hbond substituents is 1. The van der Waals surface area contributed by atoms with Crippen molar-refractivity contribution in [3.63, 3.8) is 0 Å². The van der Waals surface area contributed by atoms with Gasteiger partial charge < -0.3 is 10.0 Å². The Kier molecular flexibility index (Phi) is 3.13. The summed E-state index contributed by atoms with van der Waals surface area (Å²) >= 11 is 0. The number of phenols is 1. The summed E-state index contributed by atoms with van der Waals surface area (Å²) in [5, 5.41) is 9.34. The Morgan fingerprint density at radius 2 is 2.25 bits per heavy atom. The van der Waals surface area contributed by atoms with Gasteiger partial charge in [0.05, 0.1) is 0 Å². The van der Waals surface area contributed by atoms with E-state index in [4.69, 9.17) is 0 Å². The van der Waals surface area contributed by atoms with Crippen LogP contribution in [-0.2, 0) is 0 Å². The van der Waals surface area contributed by atoms with E-state index in [0.29, 0.717) is 11.5 Å². The van der Waals surface area contributed by atoms with Crippen LogP contribution in [0.2, 0.25) is 0 Å². The first-order chi connectivity index (χ1) is 7.70. The lowest BCUT2D eigenvalue weighted by atomic mass is 10.2. The zero-order chi connectivity index (χ0) is 11.5. The van der Waals surface area contributed by atoms with Crippen molar-refractivity contribution in [2.45, 2.75) is 19.8 Å². The zero-order valence-electron chi connectivity index (χ0n) is 9.52. The first-order valence-electron chi connectivity index (χ1n) is 5.79. The molecule has 0 saturated heterocycles. The monoisotopic (exact) mass is 219 g/mol. The van der Waals surface area contributed by atoms with E-state index in [1.54, 1.807) is 18.2 Å². The topological polar surface area (TPSA) is 40.5 Å². The SMILES string of the molecule is CCN(CC1CC1)C(=O)c1cccc(O)c1. The van der Waals surface area contributed by atoms with Gasteiger partial charge in [-0.25, -0.2) is 0 Å². The van der Waals surface area contributed by atoms with Gasteiger partial charge in [0.25, 0.3) is 5.91 Å². The maximum absolute atomic E-state index is 12.1. The maximum Gasteiger partial charge on any atom is 0.253 e. The van der Waals surface area contributed by atoms with Gasteiger partial charge in [-0.05, 0) is 43.9 Å². The van der Waals surface area contributed by atoms with Crippen molar-refractivity contribution in [3.05, 3.63) is 29.8 Å². The van der Waals surface area contributed by atoms with Gasteiger partial charge in [-0.1, -0.05) is 6.07 Å². The third kappa shape index (κ3) is 2.54. The van der Waals surface area contributed by atoms with Crippen LogP contribution in [0.5, 0.6) is 5.75 Å². The largest absolute Gasteiger partial charge is 0.508 e. The first-order valence-corrected chi connectivity index (χ1v) is 5.79. The highest BCUT2D eigenvalue weighted by atomic mass is 16.3. The molecule has 0 bridgehead atoms. The summed E-state index contributed by atoms with van der Waals surface area (Å²) in [7, 11) is 0. The summed E-state index contributed by atoms with van der Waals surface area (Å²) in [6, 6.07) is 6.55. The summed E-state index contributed by atoms with van der Waals surface area (Å²) in [5.74, 6) is 0.861. The van der Waals surface area contributed by atoms with Crippen LogP contribution in [0, 0.1) is 5.92 Å². The number of rotatable bonds is 4. The van der Waals surface area contributed by atoms with E-state index in [1.807, 2.05) is 11.8 Å². The van der Waals surface area contributed by atoms with Crippen LogP contribution in [0.25, 0.3) is 0 Å². The third-order valence-electron chi connectivity index (χ3n) is 2.94. The smallest absolute Gasteiger partial charge is 0.253 e. The van der Waals surface area contributed by atoms with E-state index in [1.165, 1.54) is 18.9 Å². The van der Waals surface area contributed by atoms with Gasteiger partial charge in [-0.2, -0.15) is 0 Å². The number of hydrogen-bond donors (Lipinski definition) is 1. The van der Waals surface area contributed by atoms with Crippen molar-refractivity contribution in [1.29, 1.82) is 0 Å². The Morgan fingerprint density at radius 3 is 2.81 bits per heavy atom. The number of carbonyl (C=O) groups excluding carboxylic acids is 1. The standard InChI is InChI=1S/C13H17NO2/c1-2-14(9-10-6-7-10)13(16)11-4-3-5-12(15)8-11/h3-5,8,10,15H,2,6-7,9H2,1H3. The van der Waals surface area contributed by atoms with Crippen molar-refractivity contribution in [1.82, 2.24) is 4.90 Å². The molecule has 16 heavy (non-hydrogen) atoms. The summed E-state index contributed by atoms with van der Waals surface area (Å²) in [6.07, 6.45) is 2.48. The molecule has 0 aromatic heterocycles. The van der Waals surface area contributed by atoms with Gasteiger partial charge in [0.1, 0.15) is 5.75 Å². The minimum Gasteiger partial charge on any atom is -0.508 e. The van der Waals surface area contributed by atoms with Crippen molar-refractivity contribution in [3.8, 4) is 5.75 Å². The number of benzene rings is 1. The normalized spacial score (nSPS) is 14.8. The number of hydrogen-bond acceptors (Lipinski definition) is 2. The molecule has 3 nitrogen and oxygen atoms in total. The van der Waals surface area contributed by atoms with E-state index in [-0.39, 0.29) is 11.7 Å². The molecule has 1 amide bonds. The zero-order valence-corrected chi connectivity index (χ0v) is 9.52. The molecule has 0 heterocycles. The summed E-state index contributed by atoms with van der Waals surface area (Å²) < 4.78 is 0. The lowest BCUT2D eigenvalue weighted by Gasteiger charge is -2.20. The quantitative estimate of drug-likeness (QED) is 0.843. The number of carbonyl (C=O) groups is 1. The van der Waals surface area contributed by atoms with E-state index in [0.717, 1.165) is 13.1 Å². The van der Waals surface area contributed by atoms with Crippen LogP contribution in [0.4, 0.5) is 0 Å². The van der Waals surface area contributed by atoms with Crippen LogP contribution in [0.3, 0.4) is 0 Å². The van der Waals surface area contributed by atoms with Crippen LogP contribution < -0.4 is 0 Å². The molecule has 0 radical (unpaired) electrons. The number of nitrogens with zero attached hydrogens (tertiary/aromatic N) is 1. The Balaban J connectivity index is 2.09. The van der Waals surface area contributed by atoms with E-state index < -0.39 is 0 Å². The highest BCUT2D eigenvalue weighted by molar-refractivity contribution is 5.94. The van der Waals surface area contributed by atoms with E-state index in [2.05, 4.69) is 0 Å². The van der Waals surface area contributed by atoms with Crippen molar-refractivity contribution in [2.75, 3.05) is 13.1 Å². The second kappa shape index (κ2) is 4.56. The molecule has 1 aliphatic carbocycles. The molecule has 0 atom stereocenters. The summed E-state index contributed by atoms with van der Waals surface area (Å²) in [5.41, 5.74) is 0.572. The van der Waals surface area contributed by atoms with E-state index >= 15 is 0 Å². The Labute approximate surface area is 95.7 Å². The Morgan fingerprint density at radius 1 is 1.50 bits per heavy atom. The van der Waals surface area contributed by atoms with Gasteiger partial charge in [-0.3, -0.25) is 4.79 Å². The second-order valence-electron chi connectivity index (χ2n) is 4.34. The fraction of sp³-hybridized carbons (Fsp3) is 0.462. The lowest BCUT2D eigenvalue weighted by Crippen LogP contribution is -2.32. The van der Waals surface area contributed by atoms with Crippen LogP contribution in [-0.4, -0.2) is 29.0 Å². The molecular weight excluding hydrogens is 202 g/mol. The second-order valence-corrected chi connectivity index (χ2v) is 4.34. The molecule has 1 saturated carbocycles. The number of amides is 1. The van der Waals surface area contributed by atoms with Crippen molar-refractivity contribution < 1.29 is 9.90 Å². The Bertz CT molecular complexity index is 385. The molecule has 1 aliphatic rings. The fourth-order valence-electron chi connectivity index (χ4n) is 1.79. The average molecular weight is 219 g/mol. The first kappa shape index (κ1) is 11.0. The molecule has 1 aromatic carbocycles. The van der Waals surface area contributed by atoms with E-state index in [9.17, 15) is 9.90 Å². The molecular formula is C13H17NO2. The molecule has 0 aliphatic heterocycles. The molecule has 0 unspecified atom stereocenters. The highest BCUT2D eigenvalue weighted by Gasteiger charge is 2.26. The van der Waals surface area contributed by atoms with Crippen LogP contribution >= 0.6 is 0 Å². The molecule has 1 aromatic rings. The summed E-state index contributed by atoms with van der Waals surface area (Å²) in [4.78, 5) is 14.0. The van der Waals surface area contributed by atoms with Crippen LogP contribution in [0.15, 0.2) is 24.3 Å².